The van der Waals surface area contributed by atoms with Gasteiger partial charge in [0.1, 0.15) is 21.5 Å². The molecular weight excluding hydrogens is 553 g/mol. The van der Waals surface area contributed by atoms with Crippen molar-refractivity contribution in [3.63, 3.8) is 0 Å². The van der Waals surface area contributed by atoms with E-state index < -0.39 is 10.1 Å². The van der Waals surface area contributed by atoms with Gasteiger partial charge in [-0.25, -0.2) is 8.42 Å². The van der Waals surface area contributed by atoms with Crippen LogP contribution in [0.3, 0.4) is 0 Å². The molecule has 0 atom stereocenters. The Hall–Kier alpha value is -3.46. The molecular formula is C33H40N2O4S2. The third-order valence-corrected chi connectivity index (χ3v) is 10.1. The maximum atomic E-state index is 10.4. The van der Waals surface area contributed by atoms with Gasteiger partial charge in [0, 0.05) is 22.5 Å². The molecule has 6 nitrogen and oxygen atoms in total. The standard InChI is InChI=1S/C26H33N2OS.C7H8O3S/c1-16-18(3)24(14-12-22(16)27)30(25-15-13-23(28)17(2)19(25)4)21-10-8-20(9-11-21)29-26(5,6)7;1-6-2-4-7(5-3-6)11(8,9)10/h8-15H,27-28H2,1-7H3;2-5H,1H3,(H,8,9,10)/q+1;/p-1. The molecule has 0 fully saturated rings. The molecule has 4 rings (SSSR count). The van der Waals surface area contributed by atoms with Crippen LogP contribution < -0.4 is 16.2 Å². The van der Waals surface area contributed by atoms with E-state index in [2.05, 4.69) is 84.9 Å². The third kappa shape index (κ3) is 8.06. The monoisotopic (exact) mass is 592 g/mol. The first-order chi connectivity index (χ1) is 19.0. The molecule has 0 heterocycles. The van der Waals surface area contributed by atoms with Gasteiger partial charge >= 0.3 is 0 Å². The first-order valence-corrected chi connectivity index (χ1v) is 15.9. The van der Waals surface area contributed by atoms with Crippen molar-refractivity contribution in [3.05, 3.63) is 101 Å². The second-order valence-corrected chi connectivity index (χ2v) is 14.4. The van der Waals surface area contributed by atoms with Gasteiger partial charge in [-0.1, -0.05) is 17.7 Å². The van der Waals surface area contributed by atoms with Crippen molar-refractivity contribution in [2.24, 2.45) is 0 Å². The fraction of sp³-hybridized carbons (Fsp3) is 0.273. The van der Waals surface area contributed by atoms with Gasteiger partial charge in [-0.2, -0.15) is 0 Å². The van der Waals surface area contributed by atoms with Crippen LogP contribution in [0.1, 0.15) is 48.6 Å². The fourth-order valence-corrected chi connectivity index (χ4v) is 7.10. The molecule has 0 aliphatic rings. The number of anilines is 2. The van der Waals surface area contributed by atoms with E-state index in [0.29, 0.717) is 0 Å². The zero-order valence-corrected chi connectivity index (χ0v) is 26.7. The number of rotatable bonds is 5. The molecule has 4 N–H and O–H groups in total. The van der Waals surface area contributed by atoms with Crippen LogP contribution in [0, 0.1) is 34.6 Å². The van der Waals surface area contributed by atoms with E-state index in [4.69, 9.17) is 16.2 Å². The quantitative estimate of drug-likeness (QED) is 0.143. The van der Waals surface area contributed by atoms with E-state index in [0.717, 1.165) is 33.8 Å². The number of hydrogen-bond donors (Lipinski definition) is 2. The number of nitrogen functional groups attached to an aromatic ring is 2. The number of hydrogen-bond acceptors (Lipinski definition) is 6. The Labute approximate surface area is 247 Å². The molecule has 218 valence electrons. The van der Waals surface area contributed by atoms with Crippen LogP contribution >= 0.6 is 0 Å². The Morgan fingerprint density at radius 1 is 0.659 bits per heavy atom. The highest BCUT2D eigenvalue weighted by molar-refractivity contribution is 7.97. The molecule has 0 amide bonds. The average Bonchev–Trinajstić information content (AvgIpc) is 2.88. The molecule has 8 heteroatoms. The highest BCUT2D eigenvalue weighted by Gasteiger charge is 2.33. The normalized spacial score (nSPS) is 11.7. The number of ether oxygens (including phenoxy) is 1. The van der Waals surface area contributed by atoms with Crippen molar-refractivity contribution in [1.82, 2.24) is 0 Å². The summed E-state index contributed by atoms with van der Waals surface area (Å²) < 4.78 is 37.2. The van der Waals surface area contributed by atoms with Crippen molar-refractivity contribution in [3.8, 4) is 5.75 Å². The molecule has 0 radical (unpaired) electrons. The van der Waals surface area contributed by atoms with Crippen molar-refractivity contribution in [2.75, 3.05) is 11.5 Å². The summed E-state index contributed by atoms with van der Waals surface area (Å²) in [6, 6.07) is 22.7. The summed E-state index contributed by atoms with van der Waals surface area (Å²) in [4.78, 5) is 3.65. The molecule has 4 aromatic rings. The minimum absolute atomic E-state index is 0.178. The number of aryl methyl sites for hydroxylation is 1. The Kier molecular flexibility index (Phi) is 9.85. The molecule has 0 spiro atoms. The van der Waals surface area contributed by atoms with Gasteiger partial charge in [0.15, 0.2) is 14.7 Å². The Bertz CT molecular complexity index is 1570. The summed E-state index contributed by atoms with van der Waals surface area (Å²) in [5.74, 6) is 0.880. The summed E-state index contributed by atoms with van der Waals surface area (Å²) >= 11 is 0. The molecule has 0 saturated carbocycles. The molecule has 0 saturated heterocycles. The molecule has 0 aliphatic carbocycles. The molecule has 0 unspecified atom stereocenters. The summed E-state index contributed by atoms with van der Waals surface area (Å²) in [6.45, 7) is 16.5. The lowest BCUT2D eigenvalue weighted by atomic mass is 10.1. The predicted molar refractivity (Wildman–Crippen MR) is 169 cm³/mol. The van der Waals surface area contributed by atoms with Gasteiger partial charge in [-0.15, -0.1) is 0 Å². The zero-order valence-electron chi connectivity index (χ0n) is 25.0. The topological polar surface area (TPSA) is 118 Å². The lowest BCUT2D eigenvalue weighted by molar-refractivity contribution is 0.131. The van der Waals surface area contributed by atoms with Crippen LogP contribution in [0.15, 0.2) is 92.4 Å². The third-order valence-electron chi connectivity index (χ3n) is 6.79. The minimum Gasteiger partial charge on any atom is -0.744 e. The van der Waals surface area contributed by atoms with Gasteiger partial charge in [0.05, 0.1) is 15.8 Å². The largest absolute Gasteiger partial charge is 0.744 e. The van der Waals surface area contributed by atoms with E-state index >= 15 is 0 Å². The van der Waals surface area contributed by atoms with Gasteiger partial charge in [-0.3, -0.25) is 0 Å². The summed E-state index contributed by atoms with van der Waals surface area (Å²) in [5, 5.41) is 0. The van der Waals surface area contributed by atoms with Crippen LogP contribution in [-0.4, -0.2) is 18.6 Å². The second kappa shape index (κ2) is 12.6. The highest BCUT2D eigenvalue weighted by Crippen LogP contribution is 2.39. The first-order valence-electron chi connectivity index (χ1n) is 13.3. The predicted octanol–water partition coefficient (Wildman–Crippen LogP) is 7.26. The van der Waals surface area contributed by atoms with Gasteiger partial charge in [0.25, 0.3) is 0 Å². The van der Waals surface area contributed by atoms with Crippen LogP contribution in [0.4, 0.5) is 11.4 Å². The summed E-state index contributed by atoms with van der Waals surface area (Å²) in [6.07, 6.45) is 0. The molecule has 0 aliphatic heterocycles. The SMILES string of the molecule is Cc1c(N)ccc([S+](c2ccc(OC(C)(C)C)cc2)c2ccc(N)c(C)c2C)c1C.Cc1ccc(S(=O)(=O)[O-])cc1. The molecule has 41 heavy (non-hydrogen) atoms. The first kappa shape index (κ1) is 32.1. The van der Waals surface area contributed by atoms with Crippen molar-refractivity contribution in [1.29, 1.82) is 0 Å². The van der Waals surface area contributed by atoms with Crippen LogP contribution in [0.5, 0.6) is 5.75 Å². The van der Waals surface area contributed by atoms with E-state index in [1.165, 1.54) is 37.9 Å². The Morgan fingerprint density at radius 2 is 1.10 bits per heavy atom. The van der Waals surface area contributed by atoms with Crippen molar-refractivity contribution >= 4 is 32.4 Å². The van der Waals surface area contributed by atoms with Gasteiger partial charge in [0.2, 0.25) is 0 Å². The highest BCUT2D eigenvalue weighted by atomic mass is 32.2. The average molecular weight is 593 g/mol. The number of nitrogens with two attached hydrogens (primary N) is 2. The van der Waals surface area contributed by atoms with Gasteiger partial charge < -0.3 is 20.8 Å². The van der Waals surface area contributed by atoms with E-state index in [-0.39, 0.29) is 21.4 Å². The lowest BCUT2D eigenvalue weighted by Crippen LogP contribution is -2.22. The molecule has 4 aromatic carbocycles. The summed E-state index contributed by atoms with van der Waals surface area (Å²) in [7, 11) is -4.54. The minimum atomic E-state index is -4.27. The zero-order chi connectivity index (χ0) is 30.7. The smallest absolute Gasteiger partial charge is 0.169 e. The van der Waals surface area contributed by atoms with Crippen molar-refractivity contribution in [2.45, 2.75) is 80.6 Å². The fourth-order valence-electron chi connectivity index (χ4n) is 4.15. The van der Waals surface area contributed by atoms with E-state index in [9.17, 15) is 13.0 Å². The van der Waals surface area contributed by atoms with Crippen LogP contribution in [-0.2, 0) is 21.0 Å². The van der Waals surface area contributed by atoms with E-state index in [1.807, 2.05) is 19.1 Å². The van der Waals surface area contributed by atoms with Crippen molar-refractivity contribution < 1.29 is 17.7 Å². The maximum absolute atomic E-state index is 10.4. The van der Waals surface area contributed by atoms with Gasteiger partial charge in [-0.05, 0) is 127 Å². The lowest BCUT2D eigenvalue weighted by Gasteiger charge is -2.21. The molecule has 0 bridgehead atoms. The van der Waals surface area contributed by atoms with Crippen LogP contribution in [0.2, 0.25) is 0 Å². The summed E-state index contributed by atoms with van der Waals surface area (Å²) in [5.41, 5.74) is 19.5. The second-order valence-electron chi connectivity index (χ2n) is 11.1. The van der Waals surface area contributed by atoms with Crippen LogP contribution in [0.25, 0.3) is 0 Å². The molecule has 0 aromatic heterocycles. The number of benzene rings is 4. The van der Waals surface area contributed by atoms with E-state index in [1.54, 1.807) is 12.1 Å². The Balaban J connectivity index is 0.000000352. The Morgan fingerprint density at radius 3 is 1.49 bits per heavy atom. The maximum Gasteiger partial charge on any atom is 0.169 e.